The van der Waals surface area contributed by atoms with Crippen LogP contribution in [-0.2, 0) is 24.4 Å². The molecule has 0 bridgehead atoms. The molecule has 31 heavy (non-hydrogen) atoms. The van der Waals surface area contributed by atoms with Gasteiger partial charge in [-0.1, -0.05) is 36.7 Å². The van der Waals surface area contributed by atoms with Crippen molar-refractivity contribution in [3.05, 3.63) is 54.1 Å². The second-order valence-corrected chi connectivity index (χ2v) is 8.46. The van der Waals surface area contributed by atoms with Crippen LogP contribution in [0, 0.1) is 6.92 Å². The largest absolute Gasteiger partial charge is 0.385 e. The van der Waals surface area contributed by atoms with E-state index in [1.807, 2.05) is 19.1 Å². The summed E-state index contributed by atoms with van der Waals surface area (Å²) in [6.07, 6.45) is 0.931. The predicted molar refractivity (Wildman–Crippen MR) is 119 cm³/mol. The number of sulfonamides is 1. The van der Waals surface area contributed by atoms with Gasteiger partial charge in [-0.25, -0.2) is 8.42 Å². The molecule has 2 amide bonds. The van der Waals surface area contributed by atoms with Gasteiger partial charge in [0, 0.05) is 24.5 Å². The molecule has 166 valence electrons. The Balaban J connectivity index is 1.81. The van der Waals surface area contributed by atoms with Gasteiger partial charge in [-0.05, 0) is 43.3 Å². The van der Waals surface area contributed by atoms with Gasteiger partial charge < -0.3 is 15.5 Å². The summed E-state index contributed by atoms with van der Waals surface area (Å²) >= 11 is 0. The molecule has 0 saturated heterocycles. The molecule has 0 aliphatic rings. The number of aryl methyl sites for hydroxylation is 1. The summed E-state index contributed by atoms with van der Waals surface area (Å²) in [6, 6.07) is 13.1. The maximum Gasteiger partial charge on any atom is 0.270 e. The minimum atomic E-state index is -3.56. The van der Waals surface area contributed by atoms with Crippen molar-refractivity contribution in [1.29, 1.82) is 0 Å². The summed E-state index contributed by atoms with van der Waals surface area (Å²) in [5, 5.41) is 8.64. The highest BCUT2D eigenvalue weighted by molar-refractivity contribution is 7.89. The molecule has 0 saturated carbocycles. The van der Waals surface area contributed by atoms with E-state index in [0.717, 1.165) is 11.8 Å². The average molecular weight is 447 g/mol. The smallest absolute Gasteiger partial charge is 0.270 e. The monoisotopic (exact) mass is 446 g/mol. The minimum absolute atomic E-state index is 0.148. The predicted octanol–water partition coefficient (Wildman–Crippen LogP) is 2.61. The van der Waals surface area contributed by atoms with Crippen LogP contribution in [0.3, 0.4) is 0 Å². The van der Waals surface area contributed by atoms with Crippen LogP contribution in [0.4, 0.5) is 11.4 Å². The van der Waals surface area contributed by atoms with Gasteiger partial charge in [-0.15, -0.1) is 0 Å². The van der Waals surface area contributed by atoms with Gasteiger partial charge in [0.25, 0.3) is 11.8 Å². The van der Waals surface area contributed by atoms with Crippen molar-refractivity contribution >= 4 is 39.4 Å². The van der Waals surface area contributed by atoms with Crippen LogP contribution in [0.2, 0.25) is 0 Å². The molecular weight excluding hydrogens is 420 g/mol. The Hall–Kier alpha value is -3.24. The zero-order valence-electron chi connectivity index (χ0n) is 17.7. The number of rotatable bonds is 10. The third-order valence-corrected chi connectivity index (χ3v) is 6.30. The second kappa shape index (κ2) is 11.2. The lowest BCUT2D eigenvalue weighted by Crippen LogP contribution is -2.30. The zero-order valence-corrected chi connectivity index (χ0v) is 18.5. The fourth-order valence-electron chi connectivity index (χ4n) is 2.61. The number of benzene rings is 2. The third kappa shape index (κ3) is 7.19. The van der Waals surface area contributed by atoms with Crippen LogP contribution >= 0.6 is 0 Å². The van der Waals surface area contributed by atoms with Crippen LogP contribution in [-0.4, -0.2) is 50.4 Å². The van der Waals surface area contributed by atoms with E-state index in [1.54, 1.807) is 26.0 Å². The lowest BCUT2D eigenvalue weighted by Gasteiger charge is -2.18. The van der Waals surface area contributed by atoms with E-state index in [0.29, 0.717) is 24.5 Å². The van der Waals surface area contributed by atoms with Gasteiger partial charge in [0.05, 0.1) is 4.90 Å². The van der Waals surface area contributed by atoms with Crippen molar-refractivity contribution in [2.45, 2.75) is 25.7 Å². The van der Waals surface area contributed by atoms with Gasteiger partial charge in [0.1, 0.15) is 6.21 Å². The first kappa shape index (κ1) is 24.0. The molecule has 0 atom stereocenters. The second-order valence-electron chi connectivity index (χ2n) is 6.53. The summed E-state index contributed by atoms with van der Waals surface area (Å²) in [7, 11) is -3.56. The zero-order chi connectivity index (χ0) is 22.9. The molecule has 0 fully saturated rings. The third-order valence-electron chi connectivity index (χ3n) is 4.24. The number of nitrogens with zero attached hydrogens (tertiary/aromatic N) is 2. The van der Waals surface area contributed by atoms with Crippen molar-refractivity contribution in [2.24, 2.45) is 5.16 Å². The maximum absolute atomic E-state index is 12.5. The fourth-order valence-corrected chi connectivity index (χ4v) is 4.07. The summed E-state index contributed by atoms with van der Waals surface area (Å²) in [5.74, 6) is -0.996. The number of nitrogens with one attached hydrogen (secondary N) is 2. The molecule has 9 nitrogen and oxygen atoms in total. The summed E-state index contributed by atoms with van der Waals surface area (Å²) in [5.41, 5.74) is 2.10. The number of anilines is 2. The molecule has 0 aliphatic carbocycles. The average Bonchev–Trinajstić information content (AvgIpc) is 2.74. The summed E-state index contributed by atoms with van der Waals surface area (Å²) in [4.78, 5) is 28.6. The SMILES string of the molecule is CCN(CC)S(=O)(=O)c1ccc(NC(=O)CO/N=C/C(=O)Nc2ccc(C)cc2)cc1. The van der Waals surface area contributed by atoms with Crippen LogP contribution in [0.15, 0.2) is 58.6 Å². The van der Waals surface area contributed by atoms with Gasteiger partial charge in [-0.3, -0.25) is 9.59 Å². The molecule has 0 aliphatic heterocycles. The van der Waals surface area contributed by atoms with Crippen molar-refractivity contribution < 1.29 is 22.8 Å². The van der Waals surface area contributed by atoms with Crippen molar-refractivity contribution in [3.63, 3.8) is 0 Å². The number of hydrogen-bond donors (Lipinski definition) is 2. The Morgan fingerprint density at radius 2 is 1.52 bits per heavy atom. The Morgan fingerprint density at radius 3 is 2.10 bits per heavy atom. The van der Waals surface area contributed by atoms with Gasteiger partial charge in [0.2, 0.25) is 10.0 Å². The number of amides is 2. The lowest BCUT2D eigenvalue weighted by molar-refractivity contribution is -0.120. The first-order chi connectivity index (χ1) is 14.8. The molecule has 0 radical (unpaired) electrons. The van der Waals surface area contributed by atoms with Crippen molar-refractivity contribution in [3.8, 4) is 0 Å². The van der Waals surface area contributed by atoms with Crippen LogP contribution in [0.5, 0.6) is 0 Å². The standard InChI is InChI=1S/C21H26N4O5S/c1-4-25(5-2)31(28,29)19-12-10-18(11-13-19)24-21(27)15-30-22-14-20(26)23-17-8-6-16(3)7-9-17/h6-14H,4-5,15H2,1-3H3,(H,23,26)(H,24,27)/b22-14+. The quantitative estimate of drug-likeness (QED) is 0.430. The topological polar surface area (TPSA) is 117 Å². The summed E-state index contributed by atoms with van der Waals surface area (Å²) in [6.45, 7) is 5.81. The van der Waals surface area contributed by atoms with E-state index in [2.05, 4.69) is 15.8 Å². The number of hydrogen-bond acceptors (Lipinski definition) is 6. The van der Waals surface area contributed by atoms with E-state index in [9.17, 15) is 18.0 Å². The maximum atomic E-state index is 12.5. The number of carbonyl (C=O) groups excluding carboxylic acids is 2. The van der Waals surface area contributed by atoms with Gasteiger partial charge in [-0.2, -0.15) is 4.31 Å². The Morgan fingerprint density at radius 1 is 0.968 bits per heavy atom. The van der Waals surface area contributed by atoms with E-state index >= 15 is 0 Å². The molecule has 0 heterocycles. The number of carbonyl (C=O) groups is 2. The Kier molecular flexibility index (Phi) is 8.71. The highest BCUT2D eigenvalue weighted by Crippen LogP contribution is 2.18. The van der Waals surface area contributed by atoms with Gasteiger partial charge >= 0.3 is 0 Å². The van der Waals surface area contributed by atoms with Crippen molar-refractivity contribution in [1.82, 2.24) is 4.31 Å². The molecule has 2 N–H and O–H groups in total. The van der Waals surface area contributed by atoms with E-state index < -0.39 is 28.4 Å². The molecule has 2 aromatic rings. The van der Waals surface area contributed by atoms with E-state index in [-0.39, 0.29) is 4.90 Å². The normalized spacial score (nSPS) is 11.5. The van der Waals surface area contributed by atoms with E-state index in [4.69, 9.17) is 4.84 Å². The van der Waals surface area contributed by atoms with Crippen LogP contribution in [0.1, 0.15) is 19.4 Å². The Labute approximate surface area is 182 Å². The number of oxime groups is 1. The molecular formula is C21H26N4O5S. The summed E-state index contributed by atoms with van der Waals surface area (Å²) < 4.78 is 26.3. The molecule has 2 aromatic carbocycles. The Bertz CT molecular complexity index is 1010. The molecule has 0 unspecified atom stereocenters. The molecule has 2 rings (SSSR count). The molecule has 10 heteroatoms. The first-order valence-electron chi connectivity index (χ1n) is 9.69. The highest BCUT2D eigenvalue weighted by Gasteiger charge is 2.21. The van der Waals surface area contributed by atoms with Crippen molar-refractivity contribution in [2.75, 3.05) is 30.3 Å². The molecule has 0 aromatic heterocycles. The highest BCUT2D eigenvalue weighted by atomic mass is 32.2. The fraction of sp³-hybridized carbons (Fsp3) is 0.286. The van der Waals surface area contributed by atoms with Crippen LogP contribution < -0.4 is 10.6 Å². The molecule has 0 spiro atoms. The van der Waals surface area contributed by atoms with E-state index in [1.165, 1.54) is 28.6 Å². The minimum Gasteiger partial charge on any atom is -0.385 e. The lowest BCUT2D eigenvalue weighted by atomic mass is 10.2. The van der Waals surface area contributed by atoms with Gasteiger partial charge in [0.15, 0.2) is 6.61 Å². The first-order valence-corrected chi connectivity index (χ1v) is 11.1. The van der Waals surface area contributed by atoms with Crippen LogP contribution in [0.25, 0.3) is 0 Å².